The fourth-order valence-electron chi connectivity index (χ4n) is 2.33. The second-order valence-electron chi connectivity index (χ2n) is 4.34. The van der Waals surface area contributed by atoms with Crippen molar-refractivity contribution in [1.29, 1.82) is 5.26 Å². The fraction of sp³-hybridized carbons (Fsp3) is 0.308. The summed E-state index contributed by atoms with van der Waals surface area (Å²) in [5, 5.41) is 12.4. The maximum Gasteiger partial charge on any atom is 0.131 e. The van der Waals surface area contributed by atoms with Crippen molar-refractivity contribution in [3.63, 3.8) is 0 Å². The molecule has 1 aliphatic heterocycles. The summed E-state index contributed by atoms with van der Waals surface area (Å²) in [6.45, 7) is 1.93. The molecule has 0 fully saturated rings. The molecule has 0 saturated heterocycles. The van der Waals surface area contributed by atoms with Crippen LogP contribution >= 0.6 is 34.4 Å². The number of thiophene rings is 2. The summed E-state index contributed by atoms with van der Waals surface area (Å²) in [7, 11) is 0. The normalized spacial score (nSPS) is 14.2. The van der Waals surface area contributed by atoms with Gasteiger partial charge in [-0.3, -0.25) is 0 Å². The van der Waals surface area contributed by atoms with Gasteiger partial charge < -0.3 is 10.6 Å². The van der Waals surface area contributed by atoms with Gasteiger partial charge in [-0.15, -0.1) is 34.4 Å². The van der Waals surface area contributed by atoms with Crippen molar-refractivity contribution in [1.82, 2.24) is 0 Å². The Labute approximate surface area is 124 Å². The number of fused-ring (bicyclic) bond motifs is 1. The van der Waals surface area contributed by atoms with Gasteiger partial charge in [-0.2, -0.15) is 5.26 Å². The third-order valence-electron chi connectivity index (χ3n) is 3.28. The lowest BCUT2D eigenvalue weighted by Gasteiger charge is -2.28. The molecule has 19 heavy (non-hydrogen) atoms. The van der Waals surface area contributed by atoms with E-state index in [9.17, 15) is 0 Å². The Hall–Kier alpha value is -1.16. The van der Waals surface area contributed by atoms with Crippen LogP contribution in [0.2, 0.25) is 0 Å². The number of thioether (sulfide) groups is 1. The molecule has 0 amide bonds. The number of nitrogens with zero attached hydrogens (tertiary/aromatic N) is 2. The van der Waals surface area contributed by atoms with E-state index in [1.54, 1.807) is 11.8 Å². The average molecular weight is 307 g/mol. The van der Waals surface area contributed by atoms with Gasteiger partial charge in [0.25, 0.3) is 0 Å². The molecule has 0 spiro atoms. The van der Waals surface area contributed by atoms with Crippen molar-refractivity contribution in [2.45, 2.75) is 17.9 Å². The maximum atomic E-state index is 9.13. The molecule has 2 aromatic rings. The standard InChI is InChI=1S/C13H13N3S3/c1-17-12-11(15)10(6-14)19-13(12)16-4-2-9-8(7-16)3-5-18-9/h3,5H,2,4,7,15H2,1H3. The van der Waals surface area contributed by atoms with Gasteiger partial charge in [0.2, 0.25) is 0 Å². The largest absolute Gasteiger partial charge is 0.396 e. The van der Waals surface area contributed by atoms with Gasteiger partial charge in [-0.05, 0) is 29.7 Å². The molecule has 0 unspecified atom stereocenters. The lowest BCUT2D eigenvalue weighted by atomic mass is 10.1. The molecule has 2 N–H and O–H groups in total. The second kappa shape index (κ2) is 5.08. The van der Waals surface area contributed by atoms with Gasteiger partial charge in [0, 0.05) is 18.0 Å². The van der Waals surface area contributed by atoms with Gasteiger partial charge >= 0.3 is 0 Å². The van der Waals surface area contributed by atoms with E-state index >= 15 is 0 Å². The number of hydrogen-bond donors (Lipinski definition) is 1. The number of nitrogens with two attached hydrogens (primary N) is 1. The molecule has 1 aliphatic rings. The van der Waals surface area contributed by atoms with Crippen LogP contribution in [0.15, 0.2) is 16.3 Å². The highest BCUT2D eigenvalue weighted by Gasteiger charge is 2.24. The van der Waals surface area contributed by atoms with Crippen LogP contribution in [-0.4, -0.2) is 12.8 Å². The molecule has 98 valence electrons. The third kappa shape index (κ3) is 2.12. The second-order valence-corrected chi connectivity index (χ2v) is 7.15. The minimum absolute atomic E-state index is 0.635. The van der Waals surface area contributed by atoms with Crippen LogP contribution in [0.1, 0.15) is 15.3 Å². The van der Waals surface area contributed by atoms with Crippen LogP contribution in [0.5, 0.6) is 0 Å². The summed E-state index contributed by atoms with van der Waals surface area (Å²) in [6, 6.07) is 4.40. The lowest BCUT2D eigenvalue weighted by molar-refractivity contribution is 0.745. The van der Waals surface area contributed by atoms with E-state index in [-0.39, 0.29) is 0 Å². The van der Waals surface area contributed by atoms with Gasteiger partial charge in [0.05, 0.1) is 10.6 Å². The summed E-state index contributed by atoms with van der Waals surface area (Å²) in [5.41, 5.74) is 8.10. The highest BCUT2D eigenvalue weighted by molar-refractivity contribution is 7.99. The molecule has 0 saturated carbocycles. The summed E-state index contributed by atoms with van der Waals surface area (Å²) < 4.78 is 0. The Morgan fingerprint density at radius 1 is 1.53 bits per heavy atom. The Balaban J connectivity index is 1.98. The Morgan fingerprint density at radius 2 is 2.37 bits per heavy atom. The highest BCUT2D eigenvalue weighted by atomic mass is 32.2. The predicted molar refractivity (Wildman–Crippen MR) is 84.3 cm³/mol. The SMILES string of the molecule is CSc1c(N2CCc3sccc3C2)sc(C#N)c1N. The zero-order valence-corrected chi connectivity index (χ0v) is 12.9. The fourth-order valence-corrected chi connectivity index (χ4v) is 5.22. The smallest absolute Gasteiger partial charge is 0.131 e. The monoisotopic (exact) mass is 307 g/mol. The summed E-state index contributed by atoms with van der Waals surface area (Å²) in [4.78, 5) is 5.53. The summed E-state index contributed by atoms with van der Waals surface area (Å²) >= 11 is 4.99. The van der Waals surface area contributed by atoms with Gasteiger partial charge in [-0.25, -0.2) is 0 Å². The Kier molecular flexibility index (Phi) is 3.44. The zero-order valence-electron chi connectivity index (χ0n) is 10.5. The van der Waals surface area contributed by atoms with Crippen molar-refractivity contribution < 1.29 is 0 Å². The first-order chi connectivity index (χ1) is 9.24. The van der Waals surface area contributed by atoms with Crippen molar-refractivity contribution in [3.8, 4) is 6.07 Å². The molecule has 0 radical (unpaired) electrons. The first-order valence-corrected chi connectivity index (χ1v) is 8.83. The number of nitriles is 1. The molecule has 3 heterocycles. The first kappa shape index (κ1) is 12.9. The molecule has 2 aromatic heterocycles. The summed E-state index contributed by atoms with van der Waals surface area (Å²) in [6.07, 6.45) is 3.10. The number of anilines is 2. The average Bonchev–Trinajstić information content (AvgIpc) is 3.01. The number of rotatable bonds is 2. The minimum atomic E-state index is 0.635. The zero-order chi connectivity index (χ0) is 13.4. The van der Waals surface area contributed by atoms with Crippen LogP contribution in [0, 0.1) is 11.3 Å². The van der Waals surface area contributed by atoms with E-state index in [0.29, 0.717) is 10.6 Å². The van der Waals surface area contributed by atoms with Crippen LogP contribution in [0.25, 0.3) is 0 Å². The first-order valence-electron chi connectivity index (χ1n) is 5.91. The number of nitrogen functional groups attached to an aromatic ring is 1. The van der Waals surface area contributed by atoms with Gasteiger partial charge in [0.15, 0.2) is 0 Å². The molecule has 3 rings (SSSR count). The molecule has 6 heteroatoms. The predicted octanol–water partition coefficient (Wildman–Crippen LogP) is 3.55. The Bertz CT molecular complexity index is 651. The molecule has 0 bridgehead atoms. The quantitative estimate of drug-likeness (QED) is 0.862. The van der Waals surface area contributed by atoms with Crippen LogP contribution in [0.3, 0.4) is 0 Å². The van der Waals surface area contributed by atoms with E-state index in [4.69, 9.17) is 11.0 Å². The molecular weight excluding hydrogens is 294 g/mol. The summed E-state index contributed by atoms with van der Waals surface area (Å²) in [5.74, 6) is 0. The van der Waals surface area contributed by atoms with Crippen LogP contribution < -0.4 is 10.6 Å². The minimum Gasteiger partial charge on any atom is -0.396 e. The molecule has 0 aliphatic carbocycles. The topological polar surface area (TPSA) is 53.0 Å². The third-order valence-corrected chi connectivity index (χ3v) is 6.43. The molecular formula is C13H13N3S3. The van der Waals surface area contributed by atoms with Crippen molar-refractivity contribution in [2.75, 3.05) is 23.4 Å². The van der Waals surface area contributed by atoms with Crippen LogP contribution in [0.4, 0.5) is 10.7 Å². The van der Waals surface area contributed by atoms with E-state index < -0.39 is 0 Å². The van der Waals surface area contributed by atoms with E-state index in [1.165, 1.54) is 21.8 Å². The number of hydrogen-bond acceptors (Lipinski definition) is 6. The highest BCUT2D eigenvalue weighted by Crippen LogP contribution is 2.44. The molecule has 3 nitrogen and oxygen atoms in total. The van der Waals surface area contributed by atoms with Crippen LogP contribution in [-0.2, 0) is 13.0 Å². The van der Waals surface area contributed by atoms with Crippen molar-refractivity contribution in [2.24, 2.45) is 0 Å². The van der Waals surface area contributed by atoms with Crippen molar-refractivity contribution >= 4 is 45.1 Å². The van der Waals surface area contributed by atoms with Crippen molar-refractivity contribution in [3.05, 3.63) is 26.8 Å². The molecule has 0 atom stereocenters. The van der Waals surface area contributed by atoms with E-state index in [1.807, 2.05) is 17.6 Å². The van der Waals surface area contributed by atoms with Gasteiger partial charge in [0.1, 0.15) is 15.9 Å². The lowest BCUT2D eigenvalue weighted by Crippen LogP contribution is -2.29. The Morgan fingerprint density at radius 3 is 3.11 bits per heavy atom. The van der Waals surface area contributed by atoms with E-state index in [0.717, 1.165) is 29.4 Å². The van der Waals surface area contributed by atoms with Gasteiger partial charge in [-0.1, -0.05) is 0 Å². The maximum absolute atomic E-state index is 9.13. The molecule has 0 aromatic carbocycles. The van der Waals surface area contributed by atoms with E-state index in [2.05, 4.69) is 22.4 Å².